The smallest absolute Gasteiger partial charge is 0.235 e. The number of rotatable bonds is 3. The van der Waals surface area contributed by atoms with Crippen molar-refractivity contribution in [2.45, 2.75) is 78.6 Å². The Kier molecular flexibility index (Phi) is 6.92. The number of amides is 1. The van der Waals surface area contributed by atoms with Gasteiger partial charge in [0.1, 0.15) is 17.6 Å². The van der Waals surface area contributed by atoms with Gasteiger partial charge in [-0.2, -0.15) is 0 Å². The fraction of sp³-hybridized carbons (Fsp3) is 0.720. The first-order chi connectivity index (χ1) is 14.5. The van der Waals surface area contributed by atoms with E-state index in [0.29, 0.717) is 18.8 Å². The molecule has 2 aliphatic carbocycles. The number of hydrogen-bond acceptors (Lipinski definition) is 5. The number of ether oxygens (including phenoxy) is 1. The molecule has 3 rings (SSSR count). The summed E-state index contributed by atoms with van der Waals surface area (Å²) in [5.41, 5.74) is 0.834. The lowest BCUT2D eigenvalue weighted by atomic mass is 9.54. The second-order valence-corrected chi connectivity index (χ2v) is 10.2. The molecule has 1 saturated heterocycles. The Morgan fingerprint density at radius 2 is 1.90 bits per heavy atom. The molecule has 0 aromatic carbocycles. The van der Waals surface area contributed by atoms with Gasteiger partial charge in [0.2, 0.25) is 5.91 Å². The zero-order chi connectivity index (χ0) is 23.1. The lowest BCUT2D eigenvalue weighted by molar-refractivity contribution is -0.154. The molecule has 0 aromatic heterocycles. The van der Waals surface area contributed by atoms with Gasteiger partial charge in [-0.05, 0) is 44.9 Å². The Labute approximate surface area is 185 Å². The van der Waals surface area contributed by atoms with Crippen LogP contribution in [0.15, 0.2) is 23.3 Å². The first kappa shape index (κ1) is 23.9. The first-order valence-corrected chi connectivity index (χ1v) is 11.5. The SMILES string of the molecule is CO[C@@H]1CC(=O)[C@H](O)CC/C(C)=C/[C@H]2C=C(C)[C@@H](C)[C@H]3[C@H](CC(C)C)NC(=O)[C@]32C1=O. The van der Waals surface area contributed by atoms with Crippen LogP contribution in [-0.2, 0) is 19.1 Å². The minimum atomic E-state index is -1.31. The zero-order valence-electron chi connectivity index (χ0n) is 19.6. The Hall–Kier alpha value is -1.79. The van der Waals surface area contributed by atoms with Crippen LogP contribution in [0, 0.1) is 29.1 Å². The van der Waals surface area contributed by atoms with Crippen molar-refractivity contribution in [3.8, 4) is 0 Å². The number of carbonyl (C=O) groups is 3. The third kappa shape index (κ3) is 4.05. The number of Topliss-reactive ketones (excluding diaryl/α,β-unsaturated/α-hetero) is 2. The van der Waals surface area contributed by atoms with Crippen LogP contribution in [0.5, 0.6) is 0 Å². The summed E-state index contributed by atoms with van der Waals surface area (Å²) in [7, 11) is 1.40. The highest BCUT2D eigenvalue weighted by Crippen LogP contribution is 2.55. The molecular formula is C25H37NO5. The van der Waals surface area contributed by atoms with Crippen molar-refractivity contribution in [1.29, 1.82) is 0 Å². The highest BCUT2D eigenvalue weighted by molar-refractivity contribution is 6.12. The molecule has 1 spiro atoms. The second-order valence-electron chi connectivity index (χ2n) is 10.2. The molecule has 0 saturated carbocycles. The molecule has 6 nitrogen and oxygen atoms in total. The molecule has 6 heteroatoms. The summed E-state index contributed by atoms with van der Waals surface area (Å²) in [6, 6.07) is -0.116. The van der Waals surface area contributed by atoms with Crippen molar-refractivity contribution in [1.82, 2.24) is 5.32 Å². The molecule has 1 aliphatic heterocycles. The predicted octanol–water partition coefficient (Wildman–Crippen LogP) is 2.99. The number of nitrogens with one attached hydrogen (secondary N) is 1. The van der Waals surface area contributed by atoms with E-state index in [2.05, 4.69) is 39.1 Å². The van der Waals surface area contributed by atoms with Crippen LogP contribution in [0.25, 0.3) is 0 Å². The topological polar surface area (TPSA) is 92.7 Å². The summed E-state index contributed by atoms with van der Waals surface area (Å²) in [6.07, 6.45) is 3.29. The fourth-order valence-electron chi connectivity index (χ4n) is 5.93. The Morgan fingerprint density at radius 1 is 1.23 bits per heavy atom. The van der Waals surface area contributed by atoms with Crippen molar-refractivity contribution >= 4 is 17.5 Å². The number of methoxy groups -OCH3 is 1. The van der Waals surface area contributed by atoms with E-state index in [1.54, 1.807) is 0 Å². The molecule has 172 valence electrons. The van der Waals surface area contributed by atoms with Gasteiger partial charge in [0, 0.05) is 31.4 Å². The number of allylic oxidation sites excluding steroid dienone is 4. The highest BCUT2D eigenvalue weighted by atomic mass is 16.5. The number of hydrogen-bond donors (Lipinski definition) is 2. The molecule has 7 atom stereocenters. The van der Waals surface area contributed by atoms with E-state index in [0.717, 1.165) is 12.0 Å². The number of aliphatic hydroxyl groups is 1. The van der Waals surface area contributed by atoms with Crippen molar-refractivity contribution in [3.63, 3.8) is 0 Å². The van der Waals surface area contributed by atoms with E-state index >= 15 is 0 Å². The fourth-order valence-corrected chi connectivity index (χ4v) is 5.93. The van der Waals surface area contributed by atoms with Crippen LogP contribution in [0.1, 0.15) is 60.3 Å². The Balaban J connectivity index is 2.23. The first-order valence-electron chi connectivity index (χ1n) is 11.5. The summed E-state index contributed by atoms with van der Waals surface area (Å²) in [6.45, 7) is 10.3. The Bertz CT molecular complexity index is 813. The van der Waals surface area contributed by atoms with Crippen LogP contribution < -0.4 is 5.32 Å². The van der Waals surface area contributed by atoms with Gasteiger partial charge in [-0.15, -0.1) is 0 Å². The summed E-state index contributed by atoms with van der Waals surface area (Å²) in [5.74, 6) is -1.22. The molecule has 0 radical (unpaired) electrons. The van der Waals surface area contributed by atoms with Crippen molar-refractivity contribution in [2.75, 3.05) is 7.11 Å². The predicted molar refractivity (Wildman–Crippen MR) is 118 cm³/mol. The molecule has 2 N–H and O–H groups in total. The quantitative estimate of drug-likeness (QED) is 0.529. The second kappa shape index (κ2) is 8.99. The van der Waals surface area contributed by atoms with E-state index in [4.69, 9.17) is 4.74 Å². The van der Waals surface area contributed by atoms with E-state index in [1.807, 2.05) is 13.0 Å². The molecule has 0 unspecified atom stereocenters. The molecule has 0 bridgehead atoms. The van der Waals surface area contributed by atoms with Crippen LogP contribution in [0.3, 0.4) is 0 Å². The number of aliphatic hydroxyl groups excluding tert-OH is 1. The summed E-state index contributed by atoms with van der Waals surface area (Å²) >= 11 is 0. The van der Waals surface area contributed by atoms with Gasteiger partial charge in [0.05, 0.1) is 0 Å². The van der Waals surface area contributed by atoms with Crippen LogP contribution in [-0.4, -0.2) is 47.9 Å². The summed E-state index contributed by atoms with van der Waals surface area (Å²) in [4.78, 5) is 40.4. The third-order valence-electron chi connectivity index (χ3n) is 7.62. The average Bonchev–Trinajstić information content (AvgIpc) is 2.98. The van der Waals surface area contributed by atoms with Gasteiger partial charge in [0.15, 0.2) is 11.6 Å². The summed E-state index contributed by atoms with van der Waals surface area (Å²) in [5, 5.41) is 13.5. The van der Waals surface area contributed by atoms with E-state index in [1.165, 1.54) is 12.7 Å². The van der Waals surface area contributed by atoms with E-state index in [9.17, 15) is 19.5 Å². The van der Waals surface area contributed by atoms with Gasteiger partial charge < -0.3 is 15.2 Å². The third-order valence-corrected chi connectivity index (χ3v) is 7.62. The average molecular weight is 432 g/mol. The van der Waals surface area contributed by atoms with E-state index < -0.39 is 29.3 Å². The van der Waals surface area contributed by atoms with Gasteiger partial charge in [0.25, 0.3) is 0 Å². The lowest BCUT2D eigenvalue weighted by Crippen LogP contribution is -2.56. The number of carbonyl (C=O) groups excluding carboxylic acids is 3. The maximum Gasteiger partial charge on any atom is 0.235 e. The maximum atomic E-state index is 14.1. The maximum absolute atomic E-state index is 14.1. The molecule has 1 fully saturated rings. The van der Waals surface area contributed by atoms with Gasteiger partial charge in [-0.25, -0.2) is 0 Å². The van der Waals surface area contributed by atoms with Gasteiger partial charge in [-0.1, -0.05) is 44.1 Å². The normalized spacial score (nSPS) is 41.0. The number of ketones is 2. The lowest BCUT2D eigenvalue weighted by Gasteiger charge is -2.46. The standard InChI is InChI=1S/C25H37NO5/c1-13(2)9-18-22-16(5)15(4)11-17-10-14(3)7-8-19(27)20(28)12-21(31-6)23(29)25(17,22)24(30)26-18/h10-11,13,16-19,21-22,27H,7-9,12H2,1-6H3,(H,26,30)/b14-10+/t16-,17+,18+,19-,21-,22+,25+/m1/s1. The molecule has 1 amide bonds. The van der Waals surface area contributed by atoms with E-state index in [-0.39, 0.29) is 36.0 Å². The van der Waals surface area contributed by atoms with Crippen LogP contribution in [0.4, 0.5) is 0 Å². The van der Waals surface area contributed by atoms with Crippen molar-refractivity contribution in [3.05, 3.63) is 23.3 Å². The molecule has 31 heavy (non-hydrogen) atoms. The highest BCUT2D eigenvalue weighted by Gasteiger charge is 2.66. The monoisotopic (exact) mass is 431 g/mol. The zero-order valence-corrected chi connectivity index (χ0v) is 19.6. The molecule has 0 aromatic rings. The molecular weight excluding hydrogens is 394 g/mol. The van der Waals surface area contributed by atoms with Gasteiger partial charge in [-0.3, -0.25) is 14.4 Å². The minimum absolute atomic E-state index is 0.0422. The van der Waals surface area contributed by atoms with Crippen LogP contribution in [0.2, 0.25) is 0 Å². The molecule has 3 aliphatic rings. The molecule has 1 heterocycles. The van der Waals surface area contributed by atoms with Gasteiger partial charge >= 0.3 is 0 Å². The van der Waals surface area contributed by atoms with Crippen molar-refractivity contribution in [2.24, 2.45) is 29.1 Å². The van der Waals surface area contributed by atoms with Crippen molar-refractivity contribution < 1.29 is 24.2 Å². The largest absolute Gasteiger partial charge is 0.385 e. The Morgan fingerprint density at radius 3 is 2.52 bits per heavy atom. The minimum Gasteiger partial charge on any atom is -0.385 e. The van der Waals surface area contributed by atoms with Crippen LogP contribution >= 0.6 is 0 Å². The summed E-state index contributed by atoms with van der Waals surface area (Å²) < 4.78 is 5.50.